The quantitative estimate of drug-likeness (QED) is 0.508. The van der Waals surface area contributed by atoms with E-state index in [0.717, 1.165) is 38.7 Å². The van der Waals surface area contributed by atoms with Gasteiger partial charge in [0, 0.05) is 12.3 Å². The van der Waals surface area contributed by atoms with E-state index in [0.29, 0.717) is 5.92 Å². The fourth-order valence-electron chi connectivity index (χ4n) is 2.32. The second kappa shape index (κ2) is 6.87. The maximum atomic E-state index is 6.05. The minimum Gasteiger partial charge on any atom is -0.367 e. The van der Waals surface area contributed by atoms with Gasteiger partial charge in [0.1, 0.15) is 0 Å². The highest BCUT2D eigenvalue weighted by Crippen LogP contribution is 2.34. The number of hydrogen-bond donors (Lipinski definition) is 0. The zero-order chi connectivity index (χ0) is 12.7. The Morgan fingerprint density at radius 2 is 2.12 bits per heavy atom. The van der Waals surface area contributed by atoms with Crippen LogP contribution in [0.3, 0.4) is 0 Å². The maximum Gasteiger partial charge on any atom is 0.0879 e. The minimum absolute atomic E-state index is 0.0333. The molecule has 96 valence electrons. The third-order valence-electron chi connectivity index (χ3n) is 3.63. The molecule has 0 bridgehead atoms. The van der Waals surface area contributed by atoms with Crippen molar-refractivity contribution in [2.45, 2.75) is 65.4 Å². The van der Waals surface area contributed by atoms with E-state index in [-0.39, 0.29) is 5.60 Å². The Morgan fingerprint density at radius 1 is 1.35 bits per heavy atom. The van der Waals surface area contributed by atoms with Gasteiger partial charge in [0.25, 0.3) is 0 Å². The number of hydrogen-bond acceptors (Lipinski definition) is 1. The fourth-order valence-corrected chi connectivity index (χ4v) is 2.32. The van der Waals surface area contributed by atoms with Crippen molar-refractivity contribution in [3.05, 3.63) is 11.6 Å². The highest BCUT2D eigenvalue weighted by atomic mass is 16.5. The van der Waals surface area contributed by atoms with Gasteiger partial charge in [-0.25, -0.2) is 0 Å². The summed E-state index contributed by atoms with van der Waals surface area (Å²) in [6, 6.07) is 0. The van der Waals surface area contributed by atoms with Crippen LogP contribution < -0.4 is 0 Å². The van der Waals surface area contributed by atoms with Crippen LogP contribution in [0.2, 0.25) is 0 Å². The van der Waals surface area contributed by atoms with Gasteiger partial charge in [0.2, 0.25) is 0 Å². The second-order valence-corrected chi connectivity index (χ2v) is 4.85. The van der Waals surface area contributed by atoms with E-state index in [1.807, 2.05) is 0 Å². The Morgan fingerprint density at radius 3 is 2.59 bits per heavy atom. The highest BCUT2D eigenvalue weighted by Gasteiger charge is 2.33. The third-order valence-corrected chi connectivity index (χ3v) is 3.63. The molecule has 0 aromatic carbocycles. The Balaban J connectivity index is 2.72. The first kappa shape index (κ1) is 14.3. The van der Waals surface area contributed by atoms with Crippen LogP contribution >= 0.6 is 0 Å². The Kier molecular flexibility index (Phi) is 5.78. The highest BCUT2D eigenvalue weighted by molar-refractivity contribution is 5.19. The summed E-state index contributed by atoms with van der Waals surface area (Å²) in [4.78, 5) is 0. The van der Waals surface area contributed by atoms with E-state index in [4.69, 9.17) is 4.74 Å². The third kappa shape index (κ3) is 3.89. The molecule has 1 heterocycles. The summed E-state index contributed by atoms with van der Waals surface area (Å²) < 4.78 is 6.05. The van der Waals surface area contributed by atoms with E-state index in [2.05, 4.69) is 45.6 Å². The second-order valence-electron chi connectivity index (χ2n) is 4.85. The Bertz CT molecular complexity index is 318. The van der Waals surface area contributed by atoms with Gasteiger partial charge in [-0.2, -0.15) is 0 Å². The minimum atomic E-state index is -0.0333. The van der Waals surface area contributed by atoms with E-state index >= 15 is 0 Å². The van der Waals surface area contributed by atoms with Crippen molar-refractivity contribution < 1.29 is 4.74 Å². The van der Waals surface area contributed by atoms with Crippen molar-refractivity contribution in [3.8, 4) is 11.8 Å². The molecule has 1 nitrogen and oxygen atoms in total. The fraction of sp³-hybridized carbons (Fsp3) is 0.750. The van der Waals surface area contributed by atoms with Crippen molar-refractivity contribution in [1.29, 1.82) is 0 Å². The first-order valence-corrected chi connectivity index (χ1v) is 7.02. The predicted octanol–water partition coefficient (Wildman–Crippen LogP) is 4.33. The zero-order valence-electron chi connectivity index (χ0n) is 11.8. The molecule has 0 N–H and O–H groups in total. The van der Waals surface area contributed by atoms with Crippen LogP contribution in [0.25, 0.3) is 0 Å². The number of ether oxygens (including phenoxy) is 1. The predicted molar refractivity (Wildman–Crippen MR) is 73.8 cm³/mol. The monoisotopic (exact) mass is 234 g/mol. The van der Waals surface area contributed by atoms with Crippen LogP contribution in [0.4, 0.5) is 0 Å². The molecule has 0 fully saturated rings. The smallest absolute Gasteiger partial charge is 0.0879 e. The van der Waals surface area contributed by atoms with E-state index in [1.165, 1.54) is 5.57 Å². The van der Waals surface area contributed by atoms with E-state index in [9.17, 15) is 0 Å². The molecular formula is C16H26O. The molecule has 0 radical (unpaired) electrons. The zero-order valence-corrected chi connectivity index (χ0v) is 11.8. The topological polar surface area (TPSA) is 9.23 Å². The molecule has 0 spiro atoms. The van der Waals surface area contributed by atoms with E-state index < -0.39 is 0 Å². The maximum absolute atomic E-state index is 6.05. The molecule has 0 saturated carbocycles. The molecule has 0 saturated heterocycles. The number of rotatable bonds is 5. The summed E-state index contributed by atoms with van der Waals surface area (Å²) in [5, 5.41) is 0. The summed E-state index contributed by atoms with van der Waals surface area (Å²) in [6.45, 7) is 9.57. The van der Waals surface area contributed by atoms with Crippen molar-refractivity contribution in [2.24, 2.45) is 5.92 Å². The van der Waals surface area contributed by atoms with Gasteiger partial charge in [0.05, 0.1) is 12.2 Å². The molecule has 0 aromatic heterocycles. The summed E-state index contributed by atoms with van der Waals surface area (Å²) in [5.74, 6) is 7.07. The summed E-state index contributed by atoms with van der Waals surface area (Å²) in [7, 11) is 0. The average molecular weight is 234 g/mol. The van der Waals surface area contributed by atoms with Crippen LogP contribution in [0.15, 0.2) is 11.6 Å². The molecule has 1 aliphatic heterocycles. The SMILES string of the molecule is CCC#C[C@H](CC)C[C@]1(CC)C=C(CC)CO1. The first-order chi connectivity index (χ1) is 8.19. The van der Waals surface area contributed by atoms with Gasteiger partial charge in [0.15, 0.2) is 0 Å². The van der Waals surface area contributed by atoms with Gasteiger partial charge in [-0.3, -0.25) is 0 Å². The van der Waals surface area contributed by atoms with Gasteiger partial charge in [-0.05, 0) is 31.3 Å². The molecule has 17 heavy (non-hydrogen) atoms. The standard InChI is InChI=1S/C16H26O/c1-5-9-10-14(6-2)11-16(8-4)12-15(7-3)13-17-16/h12,14H,5-8,11,13H2,1-4H3/t14-,16+/m0/s1. The molecule has 1 rings (SSSR count). The van der Waals surface area contributed by atoms with Crippen molar-refractivity contribution in [1.82, 2.24) is 0 Å². The van der Waals surface area contributed by atoms with Crippen LogP contribution in [-0.2, 0) is 4.74 Å². The first-order valence-electron chi connectivity index (χ1n) is 7.02. The molecule has 0 aromatic rings. The molecule has 0 amide bonds. The lowest BCUT2D eigenvalue weighted by Crippen LogP contribution is -2.28. The normalized spacial score (nSPS) is 25.1. The lowest BCUT2D eigenvalue weighted by molar-refractivity contribution is 0.00670. The average Bonchev–Trinajstić information content (AvgIpc) is 2.78. The van der Waals surface area contributed by atoms with Crippen LogP contribution in [-0.4, -0.2) is 12.2 Å². The molecular weight excluding hydrogens is 208 g/mol. The van der Waals surface area contributed by atoms with Crippen molar-refractivity contribution in [2.75, 3.05) is 6.61 Å². The Labute approximate surface area is 107 Å². The van der Waals surface area contributed by atoms with Crippen LogP contribution in [0.5, 0.6) is 0 Å². The lowest BCUT2D eigenvalue weighted by Gasteiger charge is -2.28. The summed E-state index contributed by atoms with van der Waals surface area (Å²) >= 11 is 0. The van der Waals surface area contributed by atoms with Gasteiger partial charge < -0.3 is 4.74 Å². The van der Waals surface area contributed by atoms with Crippen LogP contribution in [0, 0.1) is 17.8 Å². The van der Waals surface area contributed by atoms with Gasteiger partial charge in [-0.15, -0.1) is 5.92 Å². The van der Waals surface area contributed by atoms with E-state index in [1.54, 1.807) is 0 Å². The molecule has 0 aliphatic carbocycles. The lowest BCUT2D eigenvalue weighted by atomic mass is 9.86. The molecule has 1 aliphatic rings. The summed E-state index contributed by atoms with van der Waals surface area (Å²) in [6.07, 6.45) is 7.65. The Hall–Kier alpha value is -0.740. The molecule has 2 atom stereocenters. The van der Waals surface area contributed by atoms with Gasteiger partial charge in [-0.1, -0.05) is 39.7 Å². The van der Waals surface area contributed by atoms with Crippen LogP contribution in [0.1, 0.15) is 59.8 Å². The van der Waals surface area contributed by atoms with Gasteiger partial charge >= 0.3 is 0 Å². The summed E-state index contributed by atoms with van der Waals surface area (Å²) in [5.41, 5.74) is 1.42. The van der Waals surface area contributed by atoms with Crippen molar-refractivity contribution >= 4 is 0 Å². The molecule has 1 heteroatoms. The molecule has 0 unspecified atom stereocenters. The largest absolute Gasteiger partial charge is 0.367 e. The van der Waals surface area contributed by atoms with Crippen molar-refractivity contribution in [3.63, 3.8) is 0 Å².